The predicted octanol–water partition coefficient (Wildman–Crippen LogP) is 2.65. The third-order valence-corrected chi connectivity index (χ3v) is 3.38. The molecule has 0 saturated carbocycles. The lowest BCUT2D eigenvalue weighted by Crippen LogP contribution is -2.13. The van der Waals surface area contributed by atoms with E-state index in [4.69, 9.17) is 21.1 Å². The van der Waals surface area contributed by atoms with Crippen LogP contribution in [-0.4, -0.2) is 34.7 Å². The van der Waals surface area contributed by atoms with Crippen LogP contribution in [0.2, 0.25) is 5.15 Å². The average Bonchev–Trinajstić information content (AvgIpc) is 2.98. The van der Waals surface area contributed by atoms with E-state index in [1.165, 1.54) is 17.8 Å². The Morgan fingerprint density at radius 2 is 2.04 bits per heavy atom. The van der Waals surface area contributed by atoms with E-state index < -0.39 is 0 Å². The van der Waals surface area contributed by atoms with Crippen LogP contribution in [0.4, 0.5) is 5.69 Å². The van der Waals surface area contributed by atoms with Crippen LogP contribution in [0, 0.1) is 0 Å². The van der Waals surface area contributed by atoms with Crippen molar-refractivity contribution in [1.82, 2.24) is 14.6 Å². The van der Waals surface area contributed by atoms with Crippen molar-refractivity contribution in [2.75, 3.05) is 19.5 Å². The van der Waals surface area contributed by atoms with Crippen molar-refractivity contribution in [1.29, 1.82) is 0 Å². The van der Waals surface area contributed by atoms with E-state index in [9.17, 15) is 4.79 Å². The molecule has 1 N–H and O–H groups in total. The topological polar surface area (TPSA) is 77.8 Å². The van der Waals surface area contributed by atoms with Crippen molar-refractivity contribution < 1.29 is 14.3 Å². The fourth-order valence-corrected chi connectivity index (χ4v) is 2.20. The minimum Gasteiger partial charge on any atom is -0.497 e. The summed E-state index contributed by atoms with van der Waals surface area (Å²) in [6, 6.07) is 8.39. The number of carbonyl (C=O) groups is 1. The van der Waals surface area contributed by atoms with Gasteiger partial charge in [0, 0.05) is 6.07 Å². The van der Waals surface area contributed by atoms with E-state index in [0.717, 1.165) is 0 Å². The predicted molar refractivity (Wildman–Crippen MR) is 85.5 cm³/mol. The quantitative estimate of drug-likeness (QED) is 0.794. The summed E-state index contributed by atoms with van der Waals surface area (Å²) in [5.74, 6) is 0.740. The third-order valence-electron chi connectivity index (χ3n) is 3.18. The second-order valence-corrected chi connectivity index (χ2v) is 4.99. The van der Waals surface area contributed by atoms with Crippen molar-refractivity contribution in [3.05, 3.63) is 47.4 Å². The van der Waals surface area contributed by atoms with E-state index in [-0.39, 0.29) is 11.6 Å². The number of anilines is 1. The standard InChI is InChI=1S/C15H13ClN4O3/c1-22-9-3-4-10(12(7-9)23-2)18-15(21)11-8-20-14(17-11)6-5-13(16)19-20/h3-8H,1-2H3,(H,18,21). The Kier molecular flexibility index (Phi) is 4.03. The van der Waals surface area contributed by atoms with E-state index in [1.807, 2.05) is 0 Å². The summed E-state index contributed by atoms with van der Waals surface area (Å²) in [6.07, 6.45) is 1.51. The first-order chi connectivity index (χ1) is 11.1. The summed E-state index contributed by atoms with van der Waals surface area (Å²) in [5.41, 5.74) is 1.26. The molecular formula is C15H13ClN4O3. The van der Waals surface area contributed by atoms with Crippen LogP contribution >= 0.6 is 11.6 Å². The summed E-state index contributed by atoms with van der Waals surface area (Å²) >= 11 is 5.82. The van der Waals surface area contributed by atoms with Gasteiger partial charge in [-0.25, -0.2) is 9.50 Å². The number of hydrogen-bond acceptors (Lipinski definition) is 5. The molecule has 0 atom stereocenters. The summed E-state index contributed by atoms with van der Waals surface area (Å²) in [6.45, 7) is 0. The fraction of sp³-hybridized carbons (Fsp3) is 0.133. The first-order valence-electron chi connectivity index (χ1n) is 6.66. The van der Waals surface area contributed by atoms with Crippen LogP contribution in [-0.2, 0) is 0 Å². The van der Waals surface area contributed by atoms with Crippen LogP contribution in [0.1, 0.15) is 10.5 Å². The zero-order valence-electron chi connectivity index (χ0n) is 12.4. The van der Waals surface area contributed by atoms with Gasteiger partial charge in [0.05, 0.1) is 26.1 Å². The third kappa shape index (κ3) is 3.04. The van der Waals surface area contributed by atoms with Crippen molar-refractivity contribution in [2.24, 2.45) is 0 Å². The van der Waals surface area contributed by atoms with Gasteiger partial charge in [0.25, 0.3) is 5.91 Å². The van der Waals surface area contributed by atoms with Crippen LogP contribution in [0.25, 0.3) is 5.65 Å². The molecule has 0 radical (unpaired) electrons. The van der Waals surface area contributed by atoms with Crippen LogP contribution in [0.15, 0.2) is 36.5 Å². The molecule has 3 aromatic rings. The molecule has 3 rings (SSSR count). The number of hydrogen-bond donors (Lipinski definition) is 1. The number of methoxy groups -OCH3 is 2. The SMILES string of the molecule is COc1ccc(NC(=O)c2cn3nc(Cl)ccc3n2)c(OC)c1. The molecule has 0 bridgehead atoms. The summed E-state index contributed by atoms with van der Waals surface area (Å²) in [4.78, 5) is 16.6. The first kappa shape index (κ1) is 15.1. The fourth-order valence-electron chi connectivity index (χ4n) is 2.06. The number of carbonyl (C=O) groups excluding carboxylic acids is 1. The van der Waals surface area contributed by atoms with Gasteiger partial charge in [0.2, 0.25) is 0 Å². The molecule has 1 aromatic carbocycles. The Labute approximate surface area is 136 Å². The number of amides is 1. The van der Waals surface area contributed by atoms with Crippen LogP contribution < -0.4 is 14.8 Å². The zero-order chi connectivity index (χ0) is 16.4. The maximum Gasteiger partial charge on any atom is 0.276 e. The molecule has 0 aliphatic heterocycles. The molecule has 1 amide bonds. The molecule has 0 unspecified atom stereocenters. The summed E-state index contributed by atoms with van der Waals surface area (Å²) in [5, 5.41) is 7.11. The molecule has 2 heterocycles. The number of imidazole rings is 1. The molecule has 0 aliphatic carbocycles. The van der Waals surface area contributed by atoms with Crippen LogP contribution in [0.5, 0.6) is 11.5 Å². The normalized spacial score (nSPS) is 10.6. The van der Waals surface area contributed by atoms with E-state index in [1.54, 1.807) is 37.4 Å². The number of benzene rings is 1. The molecule has 23 heavy (non-hydrogen) atoms. The van der Waals surface area contributed by atoms with E-state index in [2.05, 4.69) is 15.4 Å². The molecule has 2 aromatic heterocycles. The number of ether oxygens (including phenoxy) is 2. The lowest BCUT2D eigenvalue weighted by atomic mass is 10.2. The number of nitrogens with one attached hydrogen (secondary N) is 1. The maximum absolute atomic E-state index is 12.4. The van der Waals surface area contributed by atoms with Gasteiger partial charge in [-0.3, -0.25) is 4.79 Å². The molecule has 0 fully saturated rings. The number of aromatic nitrogens is 3. The minimum atomic E-state index is -0.380. The molecule has 0 spiro atoms. The van der Waals surface area contributed by atoms with Gasteiger partial charge >= 0.3 is 0 Å². The highest BCUT2D eigenvalue weighted by molar-refractivity contribution is 6.29. The Morgan fingerprint density at radius 3 is 2.78 bits per heavy atom. The second kappa shape index (κ2) is 6.13. The number of nitrogens with zero attached hydrogens (tertiary/aromatic N) is 3. The van der Waals surface area contributed by atoms with Gasteiger partial charge in [-0.1, -0.05) is 11.6 Å². The Balaban J connectivity index is 1.88. The highest BCUT2D eigenvalue weighted by atomic mass is 35.5. The van der Waals surface area contributed by atoms with Gasteiger partial charge in [-0.2, -0.15) is 5.10 Å². The van der Waals surface area contributed by atoms with E-state index in [0.29, 0.717) is 28.0 Å². The summed E-state index contributed by atoms with van der Waals surface area (Å²) < 4.78 is 11.8. The Morgan fingerprint density at radius 1 is 1.22 bits per heavy atom. The van der Waals surface area contributed by atoms with Crippen molar-refractivity contribution >= 4 is 28.8 Å². The van der Waals surface area contributed by atoms with Crippen molar-refractivity contribution in [2.45, 2.75) is 0 Å². The average molecular weight is 333 g/mol. The zero-order valence-corrected chi connectivity index (χ0v) is 13.2. The summed E-state index contributed by atoms with van der Waals surface area (Å²) in [7, 11) is 3.07. The Hall–Kier alpha value is -2.80. The smallest absolute Gasteiger partial charge is 0.276 e. The largest absolute Gasteiger partial charge is 0.497 e. The van der Waals surface area contributed by atoms with Gasteiger partial charge in [0.15, 0.2) is 5.65 Å². The monoisotopic (exact) mass is 332 g/mol. The van der Waals surface area contributed by atoms with Gasteiger partial charge in [-0.15, -0.1) is 0 Å². The molecular weight excluding hydrogens is 320 g/mol. The molecule has 0 saturated heterocycles. The molecule has 118 valence electrons. The van der Waals surface area contributed by atoms with Crippen molar-refractivity contribution in [3.8, 4) is 11.5 Å². The number of halogens is 1. The first-order valence-corrected chi connectivity index (χ1v) is 7.04. The van der Waals surface area contributed by atoms with Gasteiger partial charge in [0.1, 0.15) is 22.3 Å². The van der Waals surface area contributed by atoms with Crippen LogP contribution in [0.3, 0.4) is 0 Å². The minimum absolute atomic E-state index is 0.220. The van der Waals surface area contributed by atoms with Gasteiger partial charge < -0.3 is 14.8 Å². The number of fused-ring (bicyclic) bond motifs is 1. The second-order valence-electron chi connectivity index (χ2n) is 4.61. The van der Waals surface area contributed by atoms with Crippen molar-refractivity contribution in [3.63, 3.8) is 0 Å². The molecule has 0 aliphatic rings. The number of rotatable bonds is 4. The molecule has 8 heteroatoms. The lowest BCUT2D eigenvalue weighted by Gasteiger charge is -2.10. The Bertz CT molecular complexity index is 878. The molecule has 7 nitrogen and oxygen atoms in total. The highest BCUT2D eigenvalue weighted by Crippen LogP contribution is 2.29. The lowest BCUT2D eigenvalue weighted by molar-refractivity contribution is 0.102. The van der Waals surface area contributed by atoms with Gasteiger partial charge in [-0.05, 0) is 24.3 Å². The van der Waals surface area contributed by atoms with E-state index >= 15 is 0 Å². The maximum atomic E-state index is 12.4. The highest BCUT2D eigenvalue weighted by Gasteiger charge is 2.14.